The lowest BCUT2D eigenvalue weighted by Crippen LogP contribution is -2.25. The quantitative estimate of drug-likeness (QED) is 0.778. The van der Waals surface area contributed by atoms with E-state index >= 15 is 0 Å². The summed E-state index contributed by atoms with van der Waals surface area (Å²) in [6.45, 7) is 7.86. The highest BCUT2D eigenvalue weighted by atomic mass is 35.5. The van der Waals surface area contributed by atoms with Crippen molar-refractivity contribution in [2.24, 2.45) is 0 Å². The van der Waals surface area contributed by atoms with Crippen LogP contribution < -0.4 is 4.90 Å². The Hall–Kier alpha value is -1.61. The Morgan fingerprint density at radius 1 is 1.10 bits per heavy atom. The summed E-state index contributed by atoms with van der Waals surface area (Å²) in [7, 11) is 0. The van der Waals surface area contributed by atoms with Crippen LogP contribution in [0, 0.1) is 6.92 Å². The molecule has 0 aliphatic carbocycles. The zero-order chi connectivity index (χ0) is 14.5. The zero-order valence-electron chi connectivity index (χ0n) is 12.2. The molecule has 2 aromatic rings. The summed E-state index contributed by atoms with van der Waals surface area (Å²) < 4.78 is 0. The number of aromatic nitrogens is 2. The summed E-state index contributed by atoms with van der Waals surface area (Å²) in [6, 6.07) is 10.4. The molecule has 20 heavy (non-hydrogen) atoms. The van der Waals surface area contributed by atoms with Crippen LogP contribution >= 0.6 is 11.6 Å². The van der Waals surface area contributed by atoms with Gasteiger partial charge in [0.1, 0.15) is 16.8 Å². The Morgan fingerprint density at radius 2 is 1.80 bits per heavy atom. The van der Waals surface area contributed by atoms with Crippen LogP contribution in [0.3, 0.4) is 0 Å². The molecule has 1 aromatic heterocycles. The predicted octanol–water partition coefficient (Wildman–Crippen LogP) is 4.03. The first-order valence-corrected chi connectivity index (χ1v) is 7.35. The van der Waals surface area contributed by atoms with E-state index in [1.807, 2.05) is 19.9 Å². The molecule has 0 spiro atoms. The van der Waals surface area contributed by atoms with Crippen molar-refractivity contribution >= 4 is 17.4 Å². The van der Waals surface area contributed by atoms with Gasteiger partial charge in [0.15, 0.2) is 0 Å². The summed E-state index contributed by atoms with van der Waals surface area (Å²) in [5.41, 5.74) is 2.21. The monoisotopic (exact) mass is 289 g/mol. The Labute approximate surface area is 125 Å². The summed E-state index contributed by atoms with van der Waals surface area (Å²) in [6.07, 6.45) is 0.788. The van der Waals surface area contributed by atoms with Gasteiger partial charge < -0.3 is 4.90 Å². The third-order valence-corrected chi connectivity index (χ3v) is 3.69. The predicted molar refractivity (Wildman–Crippen MR) is 84.3 cm³/mol. The van der Waals surface area contributed by atoms with Crippen LogP contribution in [0.4, 0.5) is 5.82 Å². The largest absolute Gasteiger partial charge is 0.352 e. The molecule has 1 heterocycles. The number of aryl methyl sites for hydroxylation is 1. The lowest BCUT2D eigenvalue weighted by molar-refractivity contribution is 0.790. The van der Waals surface area contributed by atoms with Crippen molar-refractivity contribution < 1.29 is 0 Å². The molecule has 0 aliphatic rings. The minimum atomic E-state index is 0.554. The van der Waals surface area contributed by atoms with E-state index in [1.54, 1.807) is 0 Å². The minimum absolute atomic E-state index is 0.554. The molecule has 1 aromatic carbocycles. The van der Waals surface area contributed by atoms with Crippen LogP contribution in [0.15, 0.2) is 30.3 Å². The molecule has 0 N–H and O–H groups in total. The summed E-state index contributed by atoms with van der Waals surface area (Å²) >= 11 is 6.22. The van der Waals surface area contributed by atoms with Gasteiger partial charge in [0.2, 0.25) is 0 Å². The lowest BCUT2D eigenvalue weighted by Gasteiger charge is -2.24. The molecule has 0 atom stereocenters. The van der Waals surface area contributed by atoms with Gasteiger partial charge in [0, 0.05) is 25.1 Å². The highest BCUT2D eigenvalue weighted by molar-refractivity contribution is 6.30. The average Bonchev–Trinajstić information content (AvgIpc) is 2.48. The number of nitrogens with zero attached hydrogens (tertiary/aromatic N) is 3. The molecule has 0 fully saturated rings. The van der Waals surface area contributed by atoms with E-state index in [0.717, 1.165) is 36.7 Å². The van der Waals surface area contributed by atoms with E-state index in [4.69, 9.17) is 11.6 Å². The second-order valence-corrected chi connectivity index (χ2v) is 5.09. The number of anilines is 1. The molecule has 3 nitrogen and oxygen atoms in total. The maximum Gasteiger partial charge on any atom is 0.137 e. The van der Waals surface area contributed by atoms with Crippen molar-refractivity contribution in [1.82, 2.24) is 9.97 Å². The fourth-order valence-corrected chi connectivity index (χ4v) is 2.31. The third kappa shape index (κ3) is 3.28. The smallest absolute Gasteiger partial charge is 0.137 e. The van der Waals surface area contributed by atoms with E-state index in [2.05, 4.69) is 46.1 Å². The van der Waals surface area contributed by atoms with Crippen LogP contribution in [0.2, 0.25) is 5.15 Å². The van der Waals surface area contributed by atoms with Crippen LogP contribution in [0.5, 0.6) is 0 Å². The molecule has 0 saturated carbocycles. The SMILES string of the molecule is CCc1nc(Cl)c(C)c(N(CC)Cc2ccccc2)n1. The molecule has 0 amide bonds. The van der Waals surface area contributed by atoms with Crippen molar-refractivity contribution in [1.29, 1.82) is 0 Å². The lowest BCUT2D eigenvalue weighted by atomic mass is 10.2. The van der Waals surface area contributed by atoms with E-state index in [9.17, 15) is 0 Å². The van der Waals surface area contributed by atoms with Crippen molar-refractivity contribution in [2.75, 3.05) is 11.4 Å². The highest BCUT2D eigenvalue weighted by Gasteiger charge is 2.14. The Kier molecular flexibility index (Phi) is 4.96. The number of hydrogen-bond acceptors (Lipinski definition) is 3. The topological polar surface area (TPSA) is 29.0 Å². The van der Waals surface area contributed by atoms with Gasteiger partial charge in [-0.2, -0.15) is 0 Å². The Bertz CT molecular complexity index is 569. The third-order valence-electron chi connectivity index (χ3n) is 3.32. The van der Waals surface area contributed by atoms with Gasteiger partial charge in [-0.05, 0) is 19.4 Å². The second-order valence-electron chi connectivity index (χ2n) is 4.73. The van der Waals surface area contributed by atoms with E-state index < -0.39 is 0 Å². The molecule has 0 radical (unpaired) electrons. The van der Waals surface area contributed by atoms with Crippen LogP contribution in [0.25, 0.3) is 0 Å². The Balaban J connectivity index is 2.34. The first-order chi connectivity index (χ1) is 9.65. The molecule has 0 bridgehead atoms. The maximum absolute atomic E-state index is 6.22. The first kappa shape index (κ1) is 14.8. The average molecular weight is 290 g/mol. The number of halogens is 1. The molecule has 0 unspecified atom stereocenters. The van der Waals surface area contributed by atoms with Crippen molar-refractivity contribution in [2.45, 2.75) is 33.7 Å². The zero-order valence-corrected chi connectivity index (χ0v) is 13.0. The van der Waals surface area contributed by atoms with Crippen molar-refractivity contribution in [3.05, 3.63) is 52.4 Å². The number of rotatable bonds is 5. The van der Waals surface area contributed by atoms with Crippen LogP contribution in [-0.2, 0) is 13.0 Å². The van der Waals surface area contributed by atoms with Gasteiger partial charge in [-0.3, -0.25) is 0 Å². The van der Waals surface area contributed by atoms with Gasteiger partial charge in [0.25, 0.3) is 0 Å². The Morgan fingerprint density at radius 3 is 2.40 bits per heavy atom. The number of benzene rings is 1. The fourth-order valence-electron chi connectivity index (χ4n) is 2.13. The summed E-state index contributed by atoms with van der Waals surface area (Å²) in [5.74, 6) is 1.73. The second kappa shape index (κ2) is 6.71. The van der Waals surface area contributed by atoms with Gasteiger partial charge in [0.05, 0.1) is 0 Å². The standard InChI is InChI=1S/C16H20ClN3/c1-4-14-18-15(17)12(3)16(19-14)20(5-2)11-13-9-7-6-8-10-13/h6-10H,4-5,11H2,1-3H3. The maximum atomic E-state index is 6.22. The molecule has 106 valence electrons. The highest BCUT2D eigenvalue weighted by Crippen LogP contribution is 2.24. The number of hydrogen-bond donors (Lipinski definition) is 0. The van der Waals surface area contributed by atoms with Crippen molar-refractivity contribution in [3.8, 4) is 0 Å². The first-order valence-electron chi connectivity index (χ1n) is 6.97. The van der Waals surface area contributed by atoms with Gasteiger partial charge in [-0.25, -0.2) is 9.97 Å². The molecule has 2 rings (SSSR count). The molecule has 0 saturated heterocycles. The molecular weight excluding hydrogens is 270 g/mol. The fraction of sp³-hybridized carbons (Fsp3) is 0.375. The van der Waals surface area contributed by atoms with Crippen LogP contribution in [-0.4, -0.2) is 16.5 Å². The van der Waals surface area contributed by atoms with E-state index in [-0.39, 0.29) is 0 Å². The minimum Gasteiger partial charge on any atom is -0.352 e. The molecule has 4 heteroatoms. The van der Waals surface area contributed by atoms with Crippen LogP contribution in [0.1, 0.15) is 30.8 Å². The van der Waals surface area contributed by atoms with E-state index in [1.165, 1.54) is 5.56 Å². The van der Waals surface area contributed by atoms with Gasteiger partial charge in [-0.15, -0.1) is 0 Å². The van der Waals surface area contributed by atoms with Gasteiger partial charge in [-0.1, -0.05) is 48.9 Å². The van der Waals surface area contributed by atoms with E-state index in [0.29, 0.717) is 5.15 Å². The summed E-state index contributed by atoms with van der Waals surface area (Å²) in [4.78, 5) is 11.2. The molecular formula is C16H20ClN3. The van der Waals surface area contributed by atoms with Gasteiger partial charge >= 0.3 is 0 Å². The molecule has 0 aliphatic heterocycles. The summed E-state index contributed by atoms with van der Waals surface area (Å²) in [5, 5.41) is 0.554. The normalized spacial score (nSPS) is 10.6. The van der Waals surface area contributed by atoms with Crippen molar-refractivity contribution in [3.63, 3.8) is 0 Å².